The molecule has 1 amide bonds. The van der Waals surface area contributed by atoms with Gasteiger partial charge in [0.2, 0.25) is 5.91 Å². The van der Waals surface area contributed by atoms with Crippen LogP contribution in [0.1, 0.15) is 13.3 Å². The summed E-state index contributed by atoms with van der Waals surface area (Å²) in [6.07, 6.45) is 0.596. The number of aliphatic hydroxyl groups excluding tert-OH is 1. The Morgan fingerprint density at radius 1 is 1.38 bits per heavy atom. The van der Waals surface area contributed by atoms with Crippen molar-refractivity contribution in [1.82, 2.24) is 14.9 Å². The molecule has 0 unspecified atom stereocenters. The molecule has 0 saturated heterocycles. The summed E-state index contributed by atoms with van der Waals surface area (Å²) in [7, 11) is 0. The number of hydrogen-bond donors (Lipinski definition) is 3. The summed E-state index contributed by atoms with van der Waals surface area (Å²) in [5, 5.41) is 20.5. The lowest BCUT2D eigenvalue weighted by Crippen LogP contribution is -2.47. The average Bonchev–Trinajstić information content (AvgIpc) is 2.85. The van der Waals surface area contributed by atoms with Gasteiger partial charge in [0, 0.05) is 13.0 Å². The van der Waals surface area contributed by atoms with E-state index in [0.29, 0.717) is 6.54 Å². The number of fused-ring (bicyclic) bond motifs is 1. The lowest BCUT2D eigenvalue weighted by molar-refractivity contribution is -0.144. The molecule has 0 aliphatic carbocycles. The second-order valence-electron chi connectivity index (χ2n) is 4.80. The minimum absolute atomic E-state index is 0.108. The second kappa shape index (κ2) is 6.36. The maximum Gasteiger partial charge on any atom is 0.328 e. The van der Waals surface area contributed by atoms with E-state index < -0.39 is 24.0 Å². The lowest BCUT2D eigenvalue weighted by Gasteiger charge is -2.17. The number of hydrogen-bond acceptors (Lipinski definition) is 4. The maximum absolute atomic E-state index is 11.8. The van der Waals surface area contributed by atoms with Crippen LogP contribution < -0.4 is 5.32 Å². The monoisotopic (exact) mass is 291 g/mol. The molecule has 2 rings (SSSR count). The van der Waals surface area contributed by atoms with Gasteiger partial charge in [-0.1, -0.05) is 12.1 Å². The van der Waals surface area contributed by atoms with Crippen LogP contribution in [0.4, 0.5) is 0 Å². The number of carbonyl (C=O) groups excluding carboxylic acids is 1. The van der Waals surface area contributed by atoms with Gasteiger partial charge in [0.25, 0.3) is 0 Å². The predicted octanol–water partition coefficient (Wildman–Crippen LogP) is 0.377. The molecule has 0 radical (unpaired) electrons. The highest BCUT2D eigenvalue weighted by molar-refractivity contribution is 5.84. The molecule has 7 heteroatoms. The van der Waals surface area contributed by atoms with E-state index in [1.165, 1.54) is 6.92 Å². The van der Waals surface area contributed by atoms with Crippen LogP contribution in [0, 0.1) is 0 Å². The molecule has 2 aromatic rings. The van der Waals surface area contributed by atoms with E-state index in [1.807, 2.05) is 28.8 Å². The first-order valence-corrected chi connectivity index (χ1v) is 6.59. The lowest BCUT2D eigenvalue weighted by atomic mass is 10.2. The third kappa shape index (κ3) is 3.57. The molecule has 1 heterocycles. The summed E-state index contributed by atoms with van der Waals surface area (Å²) < 4.78 is 1.83. The van der Waals surface area contributed by atoms with Gasteiger partial charge in [0.15, 0.2) is 6.04 Å². The van der Waals surface area contributed by atoms with E-state index in [0.717, 1.165) is 11.0 Å². The number of carboxylic acid groups (broad SMARTS) is 1. The number of imidazole rings is 1. The van der Waals surface area contributed by atoms with Crippen LogP contribution in [0.5, 0.6) is 0 Å². The maximum atomic E-state index is 11.8. The van der Waals surface area contributed by atoms with E-state index in [-0.39, 0.29) is 6.42 Å². The highest BCUT2D eigenvalue weighted by atomic mass is 16.4. The molecule has 0 fully saturated rings. The molecule has 0 bridgehead atoms. The number of nitrogens with zero attached hydrogens (tertiary/aromatic N) is 2. The molecule has 3 N–H and O–H groups in total. The number of aromatic nitrogens is 2. The molecule has 7 nitrogen and oxygen atoms in total. The molecule has 21 heavy (non-hydrogen) atoms. The minimum atomic E-state index is -1.29. The molecule has 112 valence electrons. The Kier molecular flexibility index (Phi) is 4.54. The van der Waals surface area contributed by atoms with Crippen LogP contribution in [0.2, 0.25) is 0 Å². The van der Waals surface area contributed by atoms with Crippen LogP contribution >= 0.6 is 0 Å². The Morgan fingerprint density at radius 2 is 2.10 bits per heavy atom. The number of aryl methyl sites for hydroxylation is 1. The van der Waals surface area contributed by atoms with Crippen molar-refractivity contribution < 1.29 is 19.8 Å². The number of amides is 1. The van der Waals surface area contributed by atoms with Gasteiger partial charge in [-0.05, 0) is 19.1 Å². The molecule has 0 saturated carbocycles. The number of rotatable bonds is 6. The van der Waals surface area contributed by atoms with E-state index in [2.05, 4.69) is 10.3 Å². The van der Waals surface area contributed by atoms with Crippen LogP contribution in [0.15, 0.2) is 30.6 Å². The number of aliphatic carboxylic acids is 1. The highest BCUT2D eigenvalue weighted by Gasteiger charge is 2.24. The topological polar surface area (TPSA) is 104 Å². The van der Waals surface area contributed by atoms with Gasteiger partial charge in [-0.3, -0.25) is 4.79 Å². The molecule has 0 spiro atoms. The predicted molar refractivity (Wildman–Crippen MR) is 75.6 cm³/mol. The largest absolute Gasteiger partial charge is 0.480 e. The summed E-state index contributed by atoms with van der Waals surface area (Å²) in [5.41, 5.74) is 1.75. The van der Waals surface area contributed by atoms with E-state index in [4.69, 9.17) is 5.11 Å². The number of carboxylic acids is 1. The van der Waals surface area contributed by atoms with E-state index in [1.54, 1.807) is 6.33 Å². The van der Waals surface area contributed by atoms with Crippen LogP contribution in [-0.2, 0) is 16.1 Å². The Labute approximate surface area is 121 Å². The third-order valence-electron chi connectivity index (χ3n) is 3.17. The summed E-state index contributed by atoms with van der Waals surface area (Å²) in [6, 6.07) is 6.24. The fourth-order valence-electron chi connectivity index (χ4n) is 2.04. The number of carbonyl (C=O) groups is 2. The first kappa shape index (κ1) is 15.0. The van der Waals surface area contributed by atoms with Crippen molar-refractivity contribution in [3.05, 3.63) is 30.6 Å². The van der Waals surface area contributed by atoms with Gasteiger partial charge in [-0.15, -0.1) is 0 Å². The highest BCUT2D eigenvalue weighted by Crippen LogP contribution is 2.12. The second-order valence-corrected chi connectivity index (χ2v) is 4.80. The average molecular weight is 291 g/mol. The first-order valence-electron chi connectivity index (χ1n) is 6.59. The van der Waals surface area contributed by atoms with Gasteiger partial charge >= 0.3 is 5.97 Å². The summed E-state index contributed by atoms with van der Waals surface area (Å²) in [5.74, 6) is -1.69. The Bertz CT molecular complexity index is 650. The molecular formula is C14H17N3O4. The Balaban J connectivity index is 1.96. The van der Waals surface area contributed by atoms with E-state index in [9.17, 15) is 14.7 Å². The van der Waals surface area contributed by atoms with Crippen LogP contribution in [-0.4, -0.2) is 43.8 Å². The zero-order valence-corrected chi connectivity index (χ0v) is 11.6. The zero-order valence-electron chi connectivity index (χ0n) is 11.6. The van der Waals surface area contributed by atoms with Crippen molar-refractivity contribution in [2.24, 2.45) is 0 Å². The zero-order chi connectivity index (χ0) is 15.4. The number of para-hydroxylation sites is 2. The van der Waals surface area contributed by atoms with Crippen molar-refractivity contribution >= 4 is 22.9 Å². The van der Waals surface area contributed by atoms with E-state index >= 15 is 0 Å². The number of aliphatic hydroxyl groups is 1. The first-order chi connectivity index (χ1) is 9.99. The molecule has 1 aromatic heterocycles. The molecule has 2 atom stereocenters. The van der Waals surface area contributed by atoms with Crippen molar-refractivity contribution in [1.29, 1.82) is 0 Å². The van der Waals surface area contributed by atoms with Gasteiger partial charge in [0.1, 0.15) is 0 Å². The van der Waals surface area contributed by atoms with Crippen molar-refractivity contribution in [3.63, 3.8) is 0 Å². The Morgan fingerprint density at radius 3 is 2.76 bits per heavy atom. The van der Waals surface area contributed by atoms with Crippen LogP contribution in [0.3, 0.4) is 0 Å². The molecule has 0 aliphatic rings. The summed E-state index contributed by atoms with van der Waals surface area (Å²) in [6.45, 7) is 1.71. The fourth-order valence-corrected chi connectivity index (χ4v) is 2.04. The molecule has 1 aromatic carbocycles. The minimum Gasteiger partial charge on any atom is -0.480 e. The normalized spacial score (nSPS) is 13.8. The number of benzene rings is 1. The SMILES string of the molecule is C[C@@H](O)[C@H](NC(=O)CCn1cnc2ccccc21)C(=O)O. The van der Waals surface area contributed by atoms with Gasteiger partial charge in [0.05, 0.1) is 23.5 Å². The van der Waals surface area contributed by atoms with Gasteiger partial charge < -0.3 is 20.1 Å². The quantitative estimate of drug-likeness (QED) is 0.713. The van der Waals surface area contributed by atoms with Crippen molar-refractivity contribution in [2.75, 3.05) is 0 Å². The Hall–Kier alpha value is -2.41. The summed E-state index contributed by atoms with van der Waals surface area (Å²) in [4.78, 5) is 26.9. The molecule has 0 aliphatic heterocycles. The van der Waals surface area contributed by atoms with Gasteiger partial charge in [-0.25, -0.2) is 9.78 Å². The fraction of sp³-hybridized carbons (Fsp3) is 0.357. The number of nitrogens with one attached hydrogen (secondary N) is 1. The van der Waals surface area contributed by atoms with Crippen molar-refractivity contribution in [3.8, 4) is 0 Å². The standard InChI is InChI=1S/C14H17N3O4/c1-9(18)13(14(20)21)16-12(19)6-7-17-8-15-10-4-2-3-5-11(10)17/h2-5,8-9,13,18H,6-7H2,1H3,(H,16,19)(H,20,21)/t9-,13+/m1/s1. The van der Waals surface area contributed by atoms with Crippen LogP contribution in [0.25, 0.3) is 11.0 Å². The van der Waals surface area contributed by atoms with Gasteiger partial charge in [-0.2, -0.15) is 0 Å². The third-order valence-corrected chi connectivity index (χ3v) is 3.17. The molecular weight excluding hydrogens is 274 g/mol. The smallest absolute Gasteiger partial charge is 0.328 e. The van der Waals surface area contributed by atoms with Crippen molar-refractivity contribution in [2.45, 2.75) is 32.0 Å². The summed E-state index contributed by atoms with van der Waals surface area (Å²) >= 11 is 0.